The smallest absolute Gasteiger partial charge is 0.241 e. The molecule has 0 saturated carbocycles. The first-order chi connectivity index (χ1) is 13.1. The van der Waals surface area contributed by atoms with E-state index in [1.165, 1.54) is 18.5 Å². The summed E-state index contributed by atoms with van der Waals surface area (Å²) < 4.78 is 13.4. The highest BCUT2D eigenvalue weighted by atomic mass is 35.5. The Balaban J connectivity index is 1.62. The van der Waals surface area contributed by atoms with Gasteiger partial charge in [0.1, 0.15) is 18.0 Å². The van der Waals surface area contributed by atoms with E-state index < -0.39 is 5.82 Å². The molecule has 4 rings (SSSR count). The molecule has 2 heterocycles. The third-order valence-corrected chi connectivity index (χ3v) is 4.75. The van der Waals surface area contributed by atoms with Gasteiger partial charge in [0.05, 0.1) is 16.6 Å². The third-order valence-electron chi connectivity index (χ3n) is 4.46. The molecule has 0 radical (unpaired) electrons. The molecule has 1 aromatic heterocycles. The average Bonchev–Trinajstić information content (AvgIpc) is 3.20. The topological polar surface area (TPSA) is 78.9 Å². The zero-order valence-corrected chi connectivity index (χ0v) is 15.1. The standard InChI is InChI=1S/C19H17ClFN5O/c20-14-9-12(3-5-15(14)21)25-18-13-8-11(4-6-16(13)23-10-24-18)26-19(27)17-2-1-7-22-17/h3-6,8-10,17,22H,1-2,7H2,(H,26,27)(H,23,24,25)/t17-/m0/s1. The van der Waals surface area contributed by atoms with Crippen molar-refractivity contribution in [3.05, 3.63) is 53.6 Å². The number of nitrogens with one attached hydrogen (secondary N) is 3. The summed E-state index contributed by atoms with van der Waals surface area (Å²) in [6.45, 7) is 0.859. The van der Waals surface area contributed by atoms with Crippen LogP contribution in [-0.2, 0) is 4.79 Å². The number of halogens is 2. The van der Waals surface area contributed by atoms with Crippen molar-refractivity contribution in [1.82, 2.24) is 15.3 Å². The Morgan fingerprint density at radius 2 is 2.04 bits per heavy atom. The van der Waals surface area contributed by atoms with Gasteiger partial charge in [0, 0.05) is 16.8 Å². The molecule has 0 bridgehead atoms. The molecule has 1 aliphatic rings. The van der Waals surface area contributed by atoms with Gasteiger partial charge in [-0.3, -0.25) is 4.79 Å². The molecule has 3 aromatic rings. The highest BCUT2D eigenvalue weighted by molar-refractivity contribution is 6.31. The summed E-state index contributed by atoms with van der Waals surface area (Å²) in [5.41, 5.74) is 1.99. The summed E-state index contributed by atoms with van der Waals surface area (Å²) in [6.07, 6.45) is 3.27. The van der Waals surface area contributed by atoms with Crippen LogP contribution < -0.4 is 16.0 Å². The van der Waals surface area contributed by atoms with Gasteiger partial charge in [-0.2, -0.15) is 0 Å². The molecule has 2 aromatic carbocycles. The Morgan fingerprint density at radius 3 is 2.81 bits per heavy atom. The van der Waals surface area contributed by atoms with Gasteiger partial charge >= 0.3 is 0 Å². The number of anilines is 3. The van der Waals surface area contributed by atoms with Crippen molar-refractivity contribution in [2.75, 3.05) is 17.2 Å². The van der Waals surface area contributed by atoms with Gasteiger partial charge in [-0.15, -0.1) is 0 Å². The van der Waals surface area contributed by atoms with E-state index in [1.54, 1.807) is 12.1 Å². The average molecular weight is 386 g/mol. The van der Waals surface area contributed by atoms with E-state index in [4.69, 9.17) is 11.6 Å². The van der Waals surface area contributed by atoms with Gasteiger partial charge in [0.25, 0.3) is 0 Å². The van der Waals surface area contributed by atoms with Crippen molar-refractivity contribution in [3.8, 4) is 0 Å². The van der Waals surface area contributed by atoms with Gasteiger partial charge in [0.15, 0.2) is 0 Å². The molecule has 0 aliphatic carbocycles. The van der Waals surface area contributed by atoms with Crippen LogP contribution in [0.3, 0.4) is 0 Å². The molecule has 1 aliphatic heterocycles. The monoisotopic (exact) mass is 385 g/mol. The van der Waals surface area contributed by atoms with Gasteiger partial charge in [-0.05, 0) is 55.8 Å². The second kappa shape index (κ2) is 7.46. The maximum absolute atomic E-state index is 13.4. The SMILES string of the molecule is O=C(Nc1ccc2ncnc(Nc3ccc(F)c(Cl)c3)c2c1)[C@@H]1CCCN1. The molecule has 1 fully saturated rings. The number of rotatable bonds is 4. The molecular weight excluding hydrogens is 369 g/mol. The van der Waals surface area contributed by atoms with Crippen LogP contribution in [0, 0.1) is 5.82 Å². The Morgan fingerprint density at radius 1 is 1.19 bits per heavy atom. The van der Waals surface area contributed by atoms with Crippen LogP contribution in [0.15, 0.2) is 42.7 Å². The summed E-state index contributed by atoms with van der Waals surface area (Å²) >= 11 is 5.84. The number of hydrogen-bond acceptors (Lipinski definition) is 5. The quantitative estimate of drug-likeness (QED) is 0.635. The van der Waals surface area contributed by atoms with Crippen LogP contribution in [0.25, 0.3) is 10.9 Å². The second-order valence-corrected chi connectivity index (χ2v) is 6.75. The molecule has 1 atom stereocenters. The van der Waals surface area contributed by atoms with Crippen molar-refractivity contribution in [2.24, 2.45) is 0 Å². The molecule has 3 N–H and O–H groups in total. The summed E-state index contributed by atoms with van der Waals surface area (Å²) in [6, 6.07) is 9.63. The number of fused-ring (bicyclic) bond motifs is 1. The number of amides is 1. The maximum Gasteiger partial charge on any atom is 0.241 e. The van der Waals surface area contributed by atoms with Gasteiger partial charge in [0.2, 0.25) is 5.91 Å². The van der Waals surface area contributed by atoms with Crippen LogP contribution in [0.4, 0.5) is 21.6 Å². The predicted molar refractivity (Wildman–Crippen MR) is 104 cm³/mol. The molecule has 6 nitrogen and oxygen atoms in total. The van der Waals surface area contributed by atoms with Gasteiger partial charge in [-0.25, -0.2) is 14.4 Å². The Hall–Kier alpha value is -2.77. The first-order valence-corrected chi connectivity index (χ1v) is 8.99. The van der Waals surface area contributed by atoms with E-state index in [9.17, 15) is 9.18 Å². The van der Waals surface area contributed by atoms with Gasteiger partial charge in [-0.1, -0.05) is 11.6 Å². The van der Waals surface area contributed by atoms with Crippen LogP contribution >= 0.6 is 11.6 Å². The Labute approximate surface area is 160 Å². The molecule has 27 heavy (non-hydrogen) atoms. The summed E-state index contributed by atoms with van der Waals surface area (Å²) in [4.78, 5) is 20.8. The van der Waals surface area contributed by atoms with E-state index >= 15 is 0 Å². The summed E-state index contributed by atoms with van der Waals surface area (Å²) in [5, 5.41) is 9.98. The normalized spacial score (nSPS) is 16.4. The first kappa shape index (κ1) is 17.6. The molecule has 0 spiro atoms. The number of carbonyl (C=O) groups excluding carboxylic acids is 1. The Bertz CT molecular complexity index is 1010. The van der Waals surface area contributed by atoms with Crippen LogP contribution in [0.2, 0.25) is 5.02 Å². The van der Waals surface area contributed by atoms with Crippen molar-refractivity contribution in [2.45, 2.75) is 18.9 Å². The predicted octanol–water partition coefficient (Wildman–Crippen LogP) is 3.86. The lowest BCUT2D eigenvalue weighted by Crippen LogP contribution is -2.35. The molecule has 8 heteroatoms. The number of aromatic nitrogens is 2. The highest BCUT2D eigenvalue weighted by Crippen LogP contribution is 2.27. The number of nitrogens with zero attached hydrogens (tertiary/aromatic N) is 2. The fraction of sp³-hybridized carbons (Fsp3) is 0.211. The minimum atomic E-state index is -0.486. The van der Waals surface area contributed by atoms with Gasteiger partial charge < -0.3 is 16.0 Å². The summed E-state index contributed by atoms with van der Waals surface area (Å²) in [5.74, 6) is 0.00146. The van der Waals surface area contributed by atoms with Crippen LogP contribution in [-0.4, -0.2) is 28.5 Å². The lowest BCUT2D eigenvalue weighted by molar-refractivity contribution is -0.117. The minimum Gasteiger partial charge on any atom is -0.340 e. The van der Waals surface area contributed by atoms with E-state index in [-0.39, 0.29) is 17.0 Å². The van der Waals surface area contributed by atoms with E-state index in [0.29, 0.717) is 17.2 Å². The molecule has 0 unspecified atom stereocenters. The van der Waals surface area contributed by atoms with Crippen LogP contribution in [0.5, 0.6) is 0 Å². The van der Waals surface area contributed by atoms with Crippen molar-refractivity contribution >= 4 is 45.6 Å². The number of carbonyl (C=O) groups is 1. The lowest BCUT2D eigenvalue weighted by atomic mass is 10.1. The number of hydrogen-bond donors (Lipinski definition) is 3. The second-order valence-electron chi connectivity index (χ2n) is 6.35. The van der Waals surface area contributed by atoms with Crippen molar-refractivity contribution in [3.63, 3.8) is 0 Å². The largest absolute Gasteiger partial charge is 0.340 e. The highest BCUT2D eigenvalue weighted by Gasteiger charge is 2.22. The zero-order valence-electron chi connectivity index (χ0n) is 14.3. The van der Waals surface area contributed by atoms with Crippen molar-refractivity contribution < 1.29 is 9.18 Å². The minimum absolute atomic E-state index is 0.0235. The van der Waals surface area contributed by atoms with Crippen LogP contribution in [0.1, 0.15) is 12.8 Å². The van der Waals surface area contributed by atoms with E-state index in [2.05, 4.69) is 25.9 Å². The van der Waals surface area contributed by atoms with E-state index in [1.807, 2.05) is 12.1 Å². The molecule has 1 amide bonds. The molecule has 1 saturated heterocycles. The molecule has 138 valence electrons. The Kier molecular flexibility index (Phi) is 4.87. The van der Waals surface area contributed by atoms with Crippen molar-refractivity contribution in [1.29, 1.82) is 0 Å². The zero-order chi connectivity index (χ0) is 18.8. The fourth-order valence-electron chi connectivity index (χ4n) is 3.08. The summed E-state index contributed by atoms with van der Waals surface area (Å²) in [7, 11) is 0. The van der Waals surface area contributed by atoms with E-state index in [0.717, 1.165) is 30.3 Å². The lowest BCUT2D eigenvalue weighted by Gasteiger charge is -2.13. The fourth-order valence-corrected chi connectivity index (χ4v) is 3.26. The first-order valence-electron chi connectivity index (χ1n) is 8.61. The maximum atomic E-state index is 13.4. The number of benzene rings is 2. The molecular formula is C19H17ClFN5O. The third kappa shape index (κ3) is 3.84.